The highest BCUT2D eigenvalue weighted by molar-refractivity contribution is 5.76. The first-order chi connectivity index (χ1) is 20.4. The van der Waals surface area contributed by atoms with Crippen LogP contribution in [0.1, 0.15) is 109 Å². The van der Waals surface area contributed by atoms with Crippen LogP contribution in [0.4, 0.5) is 0 Å². The Morgan fingerprint density at radius 3 is 2.31 bits per heavy atom. The molecule has 5 fully saturated rings. The minimum absolute atomic E-state index is 0.242. The summed E-state index contributed by atoms with van der Waals surface area (Å²) in [5.74, 6) is 4.58. The van der Waals surface area contributed by atoms with Gasteiger partial charge in [-0.15, -0.1) is 0 Å². The Morgan fingerprint density at radius 1 is 0.881 bits per heavy atom. The molecule has 2 unspecified atom stereocenters. The van der Waals surface area contributed by atoms with E-state index in [1.54, 1.807) is 0 Å². The van der Waals surface area contributed by atoms with Gasteiger partial charge in [-0.05, 0) is 99.6 Å². The molecule has 1 N–H and O–H groups in total. The largest absolute Gasteiger partial charge is 0.481 e. The van der Waals surface area contributed by atoms with Crippen molar-refractivity contribution in [1.82, 2.24) is 19.4 Å². The number of aliphatic carboxylic acids is 1. The summed E-state index contributed by atoms with van der Waals surface area (Å²) in [5, 5.41) is 9.22. The summed E-state index contributed by atoms with van der Waals surface area (Å²) in [4.78, 5) is 22.0. The molecule has 7 rings (SSSR count). The Balaban J connectivity index is 1.15. The summed E-state index contributed by atoms with van der Waals surface area (Å²) in [6.07, 6.45) is 17.8. The molecule has 6 heteroatoms. The first kappa shape index (κ1) is 28.8. The fourth-order valence-corrected chi connectivity index (χ4v) is 10.6. The van der Waals surface area contributed by atoms with Crippen LogP contribution in [0.15, 0.2) is 24.3 Å². The normalized spacial score (nSPS) is 37.9. The van der Waals surface area contributed by atoms with Crippen molar-refractivity contribution in [2.24, 2.45) is 29.6 Å². The molecule has 2 saturated carbocycles. The highest BCUT2D eigenvalue weighted by Gasteiger charge is 2.49. The number of rotatable bonds is 7. The summed E-state index contributed by atoms with van der Waals surface area (Å²) in [6.45, 7) is 7.81. The van der Waals surface area contributed by atoms with E-state index >= 15 is 0 Å². The maximum absolute atomic E-state index is 11.2. The van der Waals surface area contributed by atoms with Gasteiger partial charge < -0.3 is 14.6 Å². The summed E-state index contributed by atoms with van der Waals surface area (Å²) >= 11 is 0. The molecule has 42 heavy (non-hydrogen) atoms. The molecule has 2 aliphatic carbocycles. The van der Waals surface area contributed by atoms with Crippen LogP contribution in [0.2, 0.25) is 0 Å². The van der Waals surface area contributed by atoms with Crippen LogP contribution in [0.5, 0.6) is 0 Å². The topological polar surface area (TPSA) is 61.6 Å². The van der Waals surface area contributed by atoms with E-state index in [1.165, 1.54) is 82.0 Å². The molecule has 3 aliphatic heterocycles. The second kappa shape index (κ2) is 12.2. The molecule has 230 valence electrons. The van der Waals surface area contributed by atoms with Crippen LogP contribution < -0.4 is 0 Å². The van der Waals surface area contributed by atoms with Gasteiger partial charge in [0.1, 0.15) is 5.82 Å². The fraction of sp³-hybridized carbons (Fsp3) is 0.778. The molecular weight excluding hydrogens is 520 g/mol. The lowest BCUT2D eigenvalue weighted by Crippen LogP contribution is -2.62. The SMILES string of the molecule is C[C@@H]1C[C@H](C)[C@H]2CC(n3c(C[C@@H]4CCCN(CCC(=O)O)C4)nc4ccccc43)C[C@@H]1N2C1C[C@H]2CCCC[C@@H](C1)C2. The van der Waals surface area contributed by atoms with Gasteiger partial charge in [0.25, 0.3) is 0 Å². The van der Waals surface area contributed by atoms with Crippen LogP contribution in [-0.2, 0) is 11.2 Å². The molecule has 1 aromatic heterocycles. The van der Waals surface area contributed by atoms with Gasteiger partial charge >= 0.3 is 5.97 Å². The molecular formula is C36H54N4O2. The van der Waals surface area contributed by atoms with Crippen molar-refractivity contribution in [1.29, 1.82) is 0 Å². The summed E-state index contributed by atoms with van der Waals surface area (Å²) < 4.78 is 2.70. The zero-order valence-electron chi connectivity index (χ0n) is 26.2. The third-order valence-corrected chi connectivity index (χ3v) is 12.4. The lowest BCUT2D eigenvalue weighted by Gasteiger charge is -2.58. The van der Waals surface area contributed by atoms with Crippen molar-refractivity contribution < 1.29 is 9.90 Å². The Bertz CT molecular complexity index is 1210. The van der Waals surface area contributed by atoms with E-state index in [9.17, 15) is 9.90 Å². The van der Waals surface area contributed by atoms with Crippen LogP contribution in [-0.4, -0.2) is 68.2 Å². The highest BCUT2D eigenvalue weighted by atomic mass is 16.4. The lowest BCUT2D eigenvalue weighted by molar-refractivity contribution is -0.137. The van der Waals surface area contributed by atoms with Crippen molar-refractivity contribution in [3.05, 3.63) is 30.1 Å². The quantitative estimate of drug-likeness (QED) is 0.380. The number of nitrogens with zero attached hydrogens (tertiary/aromatic N) is 4. The zero-order chi connectivity index (χ0) is 28.8. The number of para-hydroxylation sites is 2. The number of imidazole rings is 1. The van der Waals surface area contributed by atoms with Crippen molar-refractivity contribution >= 4 is 17.0 Å². The van der Waals surface area contributed by atoms with E-state index in [-0.39, 0.29) is 6.42 Å². The van der Waals surface area contributed by atoms with E-state index in [4.69, 9.17) is 4.98 Å². The molecule has 4 heterocycles. The Hall–Kier alpha value is -1.92. The molecule has 2 aromatic rings. The number of carboxylic acid groups (broad SMARTS) is 1. The van der Waals surface area contributed by atoms with Gasteiger partial charge in [-0.25, -0.2) is 4.98 Å². The van der Waals surface area contributed by atoms with E-state index in [1.807, 2.05) is 0 Å². The average Bonchev–Trinajstić information content (AvgIpc) is 3.25. The summed E-state index contributed by atoms with van der Waals surface area (Å²) in [6, 6.07) is 11.5. The second-order valence-corrected chi connectivity index (χ2v) is 15.3. The number of carbonyl (C=O) groups is 1. The first-order valence-electron chi connectivity index (χ1n) is 17.6. The van der Waals surface area contributed by atoms with E-state index < -0.39 is 5.97 Å². The van der Waals surface area contributed by atoms with Crippen molar-refractivity contribution in [3.8, 4) is 0 Å². The number of likely N-dealkylation sites (tertiary alicyclic amines) is 1. The number of carboxylic acids is 1. The number of piperidine rings is 3. The van der Waals surface area contributed by atoms with Crippen molar-refractivity contribution in [3.63, 3.8) is 0 Å². The molecule has 0 spiro atoms. The molecule has 1 aromatic carbocycles. The summed E-state index contributed by atoms with van der Waals surface area (Å²) in [5.41, 5.74) is 2.47. The van der Waals surface area contributed by atoms with Gasteiger partial charge in [-0.2, -0.15) is 0 Å². The minimum atomic E-state index is -0.689. The van der Waals surface area contributed by atoms with Gasteiger partial charge in [0.15, 0.2) is 0 Å². The maximum Gasteiger partial charge on any atom is 0.304 e. The zero-order valence-corrected chi connectivity index (χ0v) is 26.2. The fourth-order valence-electron chi connectivity index (χ4n) is 10.6. The highest BCUT2D eigenvalue weighted by Crippen LogP contribution is 2.50. The van der Waals surface area contributed by atoms with E-state index in [0.29, 0.717) is 30.6 Å². The molecule has 4 bridgehead atoms. The molecule has 0 radical (unpaired) electrons. The molecule has 3 saturated heterocycles. The van der Waals surface area contributed by atoms with Crippen molar-refractivity contribution in [2.45, 2.75) is 128 Å². The number of hydrogen-bond acceptors (Lipinski definition) is 4. The number of benzene rings is 1. The van der Waals surface area contributed by atoms with Gasteiger partial charge in [-0.3, -0.25) is 9.69 Å². The van der Waals surface area contributed by atoms with Gasteiger partial charge in [0.05, 0.1) is 17.5 Å². The Kier molecular flexibility index (Phi) is 8.39. The van der Waals surface area contributed by atoms with Gasteiger partial charge in [0, 0.05) is 43.7 Å². The number of fused-ring (bicyclic) bond motifs is 5. The lowest BCUT2D eigenvalue weighted by atomic mass is 9.68. The monoisotopic (exact) mass is 574 g/mol. The van der Waals surface area contributed by atoms with E-state index in [2.05, 4.69) is 52.5 Å². The molecule has 0 amide bonds. The second-order valence-electron chi connectivity index (χ2n) is 15.3. The Morgan fingerprint density at radius 2 is 1.60 bits per heavy atom. The van der Waals surface area contributed by atoms with Crippen LogP contribution in [0.25, 0.3) is 11.0 Å². The number of aromatic nitrogens is 2. The molecule has 6 nitrogen and oxygen atoms in total. The Labute approximate surface area is 253 Å². The molecule has 5 aliphatic rings. The third kappa shape index (κ3) is 5.79. The predicted molar refractivity (Wildman–Crippen MR) is 169 cm³/mol. The predicted octanol–water partition coefficient (Wildman–Crippen LogP) is 7.17. The van der Waals surface area contributed by atoms with Crippen LogP contribution >= 0.6 is 0 Å². The average molecular weight is 575 g/mol. The third-order valence-electron chi connectivity index (χ3n) is 12.4. The standard InChI is InChI=1S/C36H54N4O2/c1-24-16-25(2)34-22-30(21-33(24)39(34)29-18-26-8-3-4-9-27(17-26)19-29)40-32-12-6-5-11-31(32)37-35(40)20-28-10-7-14-38(23-28)15-13-36(41)42/h5-6,11-12,24-30,33-34H,3-4,7-10,13-23H2,1-2H3,(H,41,42)/t24-,25+,26-,27+,28-,29?,30?,33+,34-/m0/s1. The van der Waals surface area contributed by atoms with Crippen LogP contribution in [0.3, 0.4) is 0 Å². The first-order valence-corrected chi connectivity index (χ1v) is 17.6. The maximum atomic E-state index is 11.2. The van der Waals surface area contributed by atoms with Gasteiger partial charge in [0.2, 0.25) is 0 Å². The van der Waals surface area contributed by atoms with Gasteiger partial charge in [-0.1, -0.05) is 51.7 Å². The van der Waals surface area contributed by atoms with Crippen LogP contribution in [0, 0.1) is 29.6 Å². The smallest absolute Gasteiger partial charge is 0.304 e. The van der Waals surface area contributed by atoms with E-state index in [0.717, 1.165) is 61.2 Å². The number of hydrogen-bond donors (Lipinski definition) is 1. The van der Waals surface area contributed by atoms with Crippen molar-refractivity contribution in [2.75, 3.05) is 19.6 Å². The minimum Gasteiger partial charge on any atom is -0.481 e. The molecule has 9 atom stereocenters. The summed E-state index contributed by atoms with van der Waals surface area (Å²) in [7, 11) is 0.